The summed E-state index contributed by atoms with van der Waals surface area (Å²) in [7, 11) is 1.77. The van der Waals surface area contributed by atoms with Gasteiger partial charge < -0.3 is 0 Å². The molecule has 3 nitrogen and oxygen atoms in total. The first-order valence-electron chi connectivity index (χ1n) is 5.30. The summed E-state index contributed by atoms with van der Waals surface area (Å²) in [5.74, 6) is 0.00692. The monoisotopic (exact) mass is 292 g/mol. The van der Waals surface area contributed by atoms with Crippen LogP contribution in [-0.2, 0) is 7.05 Å². The normalized spacial score (nSPS) is 10.6. The van der Waals surface area contributed by atoms with Gasteiger partial charge in [-0.1, -0.05) is 18.2 Å². The van der Waals surface area contributed by atoms with Gasteiger partial charge in [-0.15, -0.1) is 0 Å². The van der Waals surface area contributed by atoms with Crippen molar-refractivity contribution in [1.82, 2.24) is 9.78 Å². The van der Waals surface area contributed by atoms with Crippen molar-refractivity contribution in [2.45, 2.75) is 13.8 Å². The van der Waals surface area contributed by atoms with Crippen LogP contribution in [-0.4, -0.2) is 15.6 Å². The van der Waals surface area contributed by atoms with Crippen LogP contribution in [0.15, 0.2) is 28.9 Å². The number of carbonyl (C=O) groups is 1. The Balaban J connectivity index is 2.59. The van der Waals surface area contributed by atoms with E-state index < -0.39 is 0 Å². The van der Waals surface area contributed by atoms with Crippen LogP contribution in [0.25, 0.3) is 0 Å². The Morgan fingerprint density at radius 2 is 1.88 bits per heavy atom. The van der Waals surface area contributed by atoms with Crippen molar-refractivity contribution in [2.75, 3.05) is 0 Å². The molecule has 0 saturated heterocycles. The molecule has 0 aliphatic heterocycles. The van der Waals surface area contributed by atoms with Crippen LogP contribution in [0.4, 0.5) is 0 Å². The number of hydrogen-bond acceptors (Lipinski definition) is 2. The van der Waals surface area contributed by atoms with Crippen LogP contribution >= 0.6 is 15.9 Å². The molecular weight excluding hydrogens is 280 g/mol. The molecule has 4 heteroatoms. The van der Waals surface area contributed by atoms with Gasteiger partial charge in [-0.05, 0) is 40.9 Å². The molecule has 0 aliphatic rings. The van der Waals surface area contributed by atoms with Gasteiger partial charge in [0.25, 0.3) is 0 Å². The molecule has 1 aromatic heterocycles. The van der Waals surface area contributed by atoms with Gasteiger partial charge in [0.15, 0.2) is 0 Å². The highest BCUT2D eigenvalue weighted by Crippen LogP contribution is 2.22. The van der Waals surface area contributed by atoms with Crippen LogP contribution < -0.4 is 0 Å². The summed E-state index contributed by atoms with van der Waals surface area (Å²) < 4.78 is 2.32. The van der Waals surface area contributed by atoms with E-state index in [1.54, 1.807) is 17.9 Å². The summed E-state index contributed by atoms with van der Waals surface area (Å²) >= 11 is 3.36. The average Bonchev–Trinajstić information content (AvgIpc) is 2.58. The molecule has 1 heterocycles. The smallest absolute Gasteiger partial charge is 0.212 e. The minimum atomic E-state index is 0.00692. The number of nitrogens with zero attached hydrogens (tertiary/aromatic N) is 2. The van der Waals surface area contributed by atoms with Crippen molar-refractivity contribution in [3.63, 3.8) is 0 Å². The van der Waals surface area contributed by atoms with Gasteiger partial charge in [0.2, 0.25) is 5.78 Å². The molecule has 17 heavy (non-hydrogen) atoms. The number of halogens is 1. The van der Waals surface area contributed by atoms with Gasteiger partial charge in [-0.2, -0.15) is 5.10 Å². The lowest BCUT2D eigenvalue weighted by Gasteiger charge is -2.09. The summed E-state index contributed by atoms with van der Waals surface area (Å²) in [6.45, 7) is 3.90. The zero-order valence-corrected chi connectivity index (χ0v) is 11.6. The van der Waals surface area contributed by atoms with E-state index in [1.165, 1.54) is 0 Å². The number of hydrogen-bond donors (Lipinski definition) is 0. The van der Waals surface area contributed by atoms with Crippen LogP contribution in [0.2, 0.25) is 0 Å². The van der Waals surface area contributed by atoms with Crippen LogP contribution in [0.3, 0.4) is 0 Å². The van der Waals surface area contributed by atoms with E-state index in [0.717, 1.165) is 21.2 Å². The third-order valence-electron chi connectivity index (χ3n) is 2.82. The topological polar surface area (TPSA) is 34.9 Å². The van der Waals surface area contributed by atoms with Crippen molar-refractivity contribution in [3.05, 3.63) is 51.3 Å². The van der Waals surface area contributed by atoms with Gasteiger partial charge in [-0.25, -0.2) is 0 Å². The lowest BCUT2D eigenvalue weighted by molar-refractivity contribution is 0.102. The highest BCUT2D eigenvalue weighted by atomic mass is 79.9. The van der Waals surface area contributed by atoms with E-state index in [1.807, 2.05) is 32.0 Å². The maximum absolute atomic E-state index is 12.5. The molecule has 2 aromatic rings. The number of ketones is 1. The lowest BCUT2D eigenvalue weighted by atomic mass is 9.97. The van der Waals surface area contributed by atoms with Gasteiger partial charge >= 0.3 is 0 Å². The predicted octanol–water partition coefficient (Wildman–Crippen LogP) is 3.03. The zero-order chi connectivity index (χ0) is 12.6. The summed E-state index contributed by atoms with van der Waals surface area (Å²) in [6, 6.07) is 5.86. The van der Waals surface area contributed by atoms with Crippen LogP contribution in [0.5, 0.6) is 0 Å². The van der Waals surface area contributed by atoms with Gasteiger partial charge in [0.1, 0.15) is 5.69 Å². The molecule has 0 atom stereocenters. The molecule has 0 saturated carbocycles. The Labute approximate surface area is 109 Å². The first-order chi connectivity index (χ1) is 8.02. The van der Waals surface area contributed by atoms with E-state index in [9.17, 15) is 4.79 Å². The molecule has 88 valence electrons. The standard InChI is InChI=1S/C13H13BrN2O/c1-8-5-4-6-9(2)11(8)13(17)12-10(14)7-15-16(12)3/h4-7H,1-3H3. The third kappa shape index (κ3) is 2.05. The highest BCUT2D eigenvalue weighted by molar-refractivity contribution is 9.10. The van der Waals surface area contributed by atoms with Gasteiger partial charge in [0.05, 0.1) is 10.7 Å². The molecule has 0 fully saturated rings. The second-order valence-corrected chi connectivity index (χ2v) is 4.91. The Morgan fingerprint density at radius 1 is 1.29 bits per heavy atom. The van der Waals surface area contributed by atoms with E-state index in [2.05, 4.69) is 21.0 Å². The van der Waals surface area contributed by atoms with E-state index in [4.69, 9.17) is 0 Å². The zero-order valence-electron chi connectivity index (χ0n) is 9.99. The molecule has 0 amide bonds. The highest BCUT2D eigenvalue weighted by Gasteiger charge is 2.20. The van der Waals surface area contributed by atoms with Crippen molar-refractivity contribution in [3.8, 4) is 0 Å². The number of carbonyl (C=O) groups excluding carboxylic acids is 1. The van der Waals surface area contributed by atoms with E-state index in [0.29, 0.717) is 5.69 Å². The number of benzene rings is 1. The number of rotatable bonds is 2. The molecule has 0 bridgehead atoms. The van der Waals surface area contributed by atoms with Crippen LogP contribution in [0, 0.1) is 13.8 Å². The number of aromatic nitrogens is 2. The fourth-order valence-corrected chi connectivity index (χ4v) is 2.49. The minimum absolute atomic E-state index is 0.00692. The Morgan fingerprint density at radius 3 is 2.35 bits per heavy atom. The first-order valence-corrected chi connectivity index (χ1v) is 6.10. The largest absolute Gasteiger partial charge is 0.287 e. The van der Waals surface area contributed by atoms with Gasteiger partial charge in [0, 0.05) is 12.6 Å². The summed E-state index contributed by atoms with van der Waals surface area (Å²) in [6.07, 6.45) is 1.64. The molecular formula is C13H13BrN2O. The predicted molar refractivity (Wildman–Crippen MR) is 70.3 cm³/mol. The van der Waals surface area contributed by atoms with Gasteiger partial charge in [-0.3, -0.25) is 9.48 Å². The second-order valence-electron chi connectivity index (χ2n) is 4.06. The SMILES string of the molecule is Cc1cccc(C)c1C(=O)c1c(Br)cnn1C. The van der Waals surface area contributed by atoms with E-state index >= 15 is 0 Å². The average molecular weight is 293 g/mol. The molecule has 2 rings (SSSR count). The molecule has 0 radical (unpaired) electrons. The van der Waals surface area contributed by atoms with Crippen LogP contribution in [0.1, 0.15) is 27.2 Å². The second kappa shape index (κ2) is 4.45. The molecule has 0 spiro atoms. The molecule has 0 N–H and O–H groups in total. The Kier molecular flexibility index (Phi) is 3.15. The molecule has 0 unspecified atom stereocenters. The fraction of sp³-hybridized carbons (Fsp3) is 0.231. The summed E-state index contributed by atoms with van der Waals surface area (Å²) in [5.41, 5.74) is 3.32. The van der Waals surface area contributed by atoms with E-state index in [-0.39, 0.29) is 5.78 Å². The van der Waals surface area contributed by atoms with Crippen molar-refractivity contribution >= 4 is 21.7 Å². The third-order valence-corrected chi connectivity index (χ3v) is 3.40. The van der Waals surface area contributed by atoms with Crippen molar-refractivity contribution in [2.24, 2.45) is 7.05 Å². The maximum atomic E-state index is 12.5. The van der Waals surface area contributed by atoms with Crippen molar-refractivity contribution < 1.29 is 4.79 Å². The Hall–Kier alpha value is -1.42. The summed E-state index contributed by atoms with van der Waals surface area (Å²) in [5, 5.41) is 4.07. The maximum Gasteiger partial charge on any atom is 0.212 e. The first kappa shape index (κ1) is 12.0. The quantitative estimate of drug-likeness (QED) is 0.798. The molecule has 1 aromatic carbocycles. The summed E-state index contributed by atoms with van der Waals surface area (Å²) in [4.78, 5) is 12.5. The fourth-order valence-electron chi connectivity index (χ4n) is 1.96. The number of aryl methyl sites for hydroxylation is 3. The lowest BCUT2D eigenvalue weighted by Crippen LogP contribution is -2.11. The van der Waals surface area contributed by atoms with Crippen molar-refractivity contribution in [1.29, 1.82) is 0 Å². The minimum Gasteiger partial charge on any atom is -0.287 e. The molecule has 0 aliphatic carbocycles. The Bertz CT molecular complexity index is 547.